The highest BCUT2D eigenvalue weighted by molar-refractivity contribution is 9.10. The molecule has 0 aliphatic carbocycles. The second-order valence-electron chi connectivity index (χ2n) is 4.26. The summed E-state index contributed by atoms with van der Waals surface area (Å²) in [5.41, 5.74) is 7.29. The molecule has 0 aliphatic rings. The van der Waals surface area contributed by atoms with E-state index in [0.717, 1.165) is 15.4 Å². The van der Waals surface area contributed by atoms with Gasteiger partial charge in [0.25, 0.3) is 0 Å². The number of fused-ring (bicyclic) bond motifs is 1. The number of nitrogens with zero attached hydrogens (tertiary/aromatic N) is 1. The molecular weight excluding hydrogens is 340 g/mol. The number of nitrogen functional groups attached to an aromatic ring is 1. The fourth-order valence-corrected chi connectivity index (χ4v) is 2.46. The number of ether oxygens (including phenoxy) is 1. The van der Waals surface area contributed by atoms with E-state index in [9.17, 15) is 0 Å². The van der Waals surface area contributed by atoms with E-state index in [4.69, 9.17) is 22.1 Å². The van der Waals surface area contributed by atoms with Crippen molar-refractivity contribution in [3.63, 3.8) is 0 Å². The Bertz CT molecular complexity index is 787. The molecule has 0 amide bonds. The van der Waals surface area contributed by atoms with Crippen molar-refractivity contribution in [1.82, 2.24) is 4.98 Å². The summed E-state index contributed by atoms with van der Waals surface area (Å²) in [4.78, 5) is 4.29. The Hall–Kier alpha value is -1.78. The van der Waals surface area contributed by atoms with Gasteiger partial charge in [0.15, 0.2) is 5.75 Å². The predicted molar refractivity (Wildman–Crippen MR) is 85.4 cm³/mol. The maximum absolute atomic E-state index is 5.99. The van der Waals surface area contributed by atoms with Crippen molar-refractivity contribution in [2.75, 3.05) is 5.73 Å². The minimum absolute atomic E-state index is 0.482. The summed E-state index contributed by atoms with van der Waals surface area (Å²) in [6.45, 7) is 0. The van der Waals surface area contributed by atoms with Crippen molar-refractivity contribution in [3.8, 4) is 11.5 Å². The molecule has 0 atom stereocenters. The molecule has 100 valence electrons. The first-order chi connectivity index (χ1) is 9.63. The standard InChI is InChI=1S/C15H10BrClN2O/c16-9-4-5-14-12(6-9)15(13(18)8-19-14)20-11-3-1-2-10(17)7-11/h1-8H,18H2. The van der Waals surface area contributed by atoms with Gasteiger partial charge in [0.1, 0.15) is 5.75 Å². The van der Waals surface area contributed by atoms with Crippen LogP contribution in [0, 0.1) is 0 Å². The quantitative estimate of drug-likeness (QED) is 0.706. The van der Waals surface area contributed by atoms with Crippen molar-refractivity contribution < 1.29 is 4.74 Å². The van der Waals surface area contributed by atoms with Crippen LogP contribution in [0.2, 0.25) is 5.02 Å². The molecule has 0 bridgehead atoms. The highest BCUT2D eigenvalue weighted by Gasteiger charge is 2.10. The first-order valence-electron chi connectivity index (χ1n) is 5.90. The molecule has 0 spiro atoms. The molecule has 3 rings (SSSR count). The minimum atomic E-state index is 0.482. The molecule has 3 aromatic rings. The molecule has 0 saturated heterocycles. The molecule has 20 heavy (non-hydrogen) atoms. The number of aromatic nitrogens is 1. The Kier molecular flexibility index (Phi) is 3.51. The summed E-state index contributed by atoms with van der Waals surface area (Å²) in [5, 5.41) is 1.46. The third-order valence-electron chi connectivity index (χ3n) is 2.82. The van der Waals surface area contributed by atoms with E-state index < -0.39 is 0 Å². The number of pyridine rings is 1. The molecule has 0 unspecified atom stereocenters. The van der Waals surface area contributed by atoms with Gasteiger partial charge in [0.05, 0.1) is 17.4 Å². The van der Waals surface area contributed by atoms with Crippen LogP contribution in [-0.4, -0.2) is 4.98 Å². The van der Waals surface area contributed by atoms with Crippen molar-refractivity contribution >= 4 is 44.1 Å². The van der Waals surface area contributed by atoms with Gasteiger partial charge < -0.3 is 10.5 Å². The first kappa shape index (κ1) is 13.2. The second-order valence-corrected chi connectivity index (χ2v) is 5.62. The van der Waals surface area contributed by atoms with Crippen LogP contribution in [0.5, 0.6) is 11.5 Å². The molecule has 2 N–H and O–H groups in total. The summed E-state index contributed by atoms with van der Waals surface area (Å²) in [7, 11) is 0. The normalized spacial score (nSPS) is 10.7. The van der Waals surface area contributed by atoms with Gasteiger partial charge in [0.2, 0.25) is 0 Å². The lowest BCUT2D eigenvalue weighted by Crippen LogP contribution is -1.95. The van der Waals surface area contributed by atoms with Gasteiger partial charge in [-0.25, -0.2) is 0 Å². The van der Waals surface area contributed by atoms with Crippen LogP contribution in [0.25, 0.3) is 10.9 Å². The molecule has 0 aliphatic heterocycles. The predicted octanol–water partition coefficient (Wildman–Crippen LogP) is 5.03. The van der Waals surface area contributed by atoms with Gasteiger partial charge in [0, 0.05) is 14.9 Å². The molecule has 5 heteroatoms. The molecule has 1 aromatic heterocycles. The average molecular weight is 350 g/mol. The number of anilines is 1. The Morgan fingerprint density at radius 3 is 2.80 bits per heavy atom. The summed E-state index contributed by atoms with van der Waals surface area (Å²) in [6.07, 6.45) is 1.59. The van der Waals surface area contributed by atoms with E-state index in [1.807, 2.05) is 30.3 Å². The van der Waals surface area contributed by atoms with Crippen molar-refractivity contribution in [2.24, 2.45) is 0 Å². The number of nitrogens with two attached hydrogens (primary N) is 1. The lowest BCUT2D eigenvalue weighted by Gasteiger charge is -2.11. The van der Waals surface area contributed by atoms with Crippen molar-refractivity contribution in [3.05, 3.63) is 58.2 Å². The van der Waals surface area contributed by atoms with Gasteiger partial charge in [-0.05, 0) is 36.4 Å². The summed E-state index contributed by atoms with van der Waals surface area (Å²) < 4.78 is 6.83. The van der Waals surface area contributed by atoms with E-state index in [2.05, 4.69) is 20.9 Å². The maximum atomic E-state index is 5.99. The zero-order valence-corrected chi connectivity index (χ0v) is 12.6. The Balaban J connectivity index is 2.14. The zero-order chi connectivity index (χ0) is 14.1. The second kappa shape index (κ2) is 5.31. The van der Waals surface area contributed by atoms with Gasteiger partial charge in [-0.2, -0.15) is 0 Å². The van der Waals surface area contributed by atoms with Gasteiger partial charge in [-0.15, -0.1) is 0 Å². The number of hydrogen-bond donors (Lipinski definition) is 1. The average Bonchev–Trinajstić information content (AvgIpc) is 2.42. The zero-order valence-electron chi connectivity index (χ0n) is 10.3. The fourth-order valence-electron chi connectivity index (χ4n) is 1.92. The summed E-state index contributed by atoms with van der Waals surface area (Å²) in [5.74, 6) is 1.22. The van der Waals surface area contributed by atoms with E-state index >= 15 is 0 Å². The number of halogens is 2. The van der Waals surface area contributed by atoms with Gasteiger partial charge >= 0.3 is 0 Å². The van der Waals surface area contributed by atoms with Crippen LogP contribution in [-0.2, 0) is 0 Å². The van der Waals surface area contributed by atoms with Crippen molar-refractivity contribution in [2.45, 2.75) is 0 Å². The molecule has 1 heterocycles. The SMILES string of the molecule is Nc1cnc2ccc(Br)cc2c1Oc1cccc(Cl)c1. The molecule has 3 nitrogen and oxygen atoms in total. The van der Waals surface area contributed by atoms with E-state index in [-0.39, 0.29) is 0 Å². The summed E-state index contributed by atoms with van der Waals surface area (Å²) >= 11 is 9.41. The lowest BCUT2D eigenvalue weighted by molar-refractivity contribution is 0.490. The first-order valence-corrected chi connectivity index (χ1v) is 7.08. The molecule has 0 fully saturated rings. The van der Waals surface area contributed by atoms with Crippen LogP contribution in [0.3, 0.4) is 0 Å². The van der Waals surface area contributed by atoms with Gasteiger partial charge in [-0.3, -0.25) is 4.98 Å². The minimum Gasteiger partial charge on any atom is -0.454 e. The van der Waals surface area contributed by atoms with Crippen molar-refractivity contribution in [1.29, 1.82) is 0 Å². The molecular formula is C15H10BrClN2O. The van der Waals surface area contributed by atoms with E-state index in [0.29, 0.717) is 22.2 Å². The summed E-state index contributed by atoms with van der Waals surface area (Å²) in [6, 6.07) is 12.9. The maximum Gasteiger partial charge on any atom is 0.161 e. The Morgan fingerprint density at radius 2 is 2.00 bits per heavy atom. The topological polar surface area (TPSA) is 48.1 Å². The third-order valence-corrected chi connectivity index (χ3v) is 3.55. The fraction of sp³-hybridized carbons (Fsp3) is 0. The van der Waals surface area contributed by atoms with Crippen LogP contribution in [0.4, 0.5) is 5.69 Å². The molecule has 0 radical (unpaired) electrons. The van der Waals surface area contributed by atoms with Gasteiger partial charge in [-0.1, -0.05) is 33.6 Å². The molecule has 0 saturated carbocycles. The van der Waals surface area contributed by atoms with Crippen LogP contribution < -0.4 is 10.5 Å². The van der Waals surface area contributed by atoms with Crippen LogP contribution in [0.1, 0.15) is 0 Å². The monoisotopic (exact) mass is 348 g/mol. The largest absolute Gasteiger partial charge is 0.454 e. The Labute approximate surface area is 129 Å². The van der Waals surface area contributed by atoms with Crippen LogP contribution >= 0.6 is 27.5 Å². The lowest BCUT2D eigenvalue weighted by atomic mass is 10.2. The van der Waals surface area contributed by atoms with E-state index in [1.54, 1.807) is 18.3 Å². The highest BCUT2D eigenvalue weighted by Crippen LogP contribution is 2.36. The molecule has 2 aromatic carbocycles. The Morgan fingerprint density at radius 1 is 1.15 bits per heavy atom. The van der Waals surface area contributed by atoms with E-state index in [1.165, 1.54) is 0 Å². The highest BCUT2D eigenvalue weighted by atomic mass is 79.9. The smallest absolute Gasteiger partial charge is 0.161 e. The number of benzene rings is 2. The van der Waals surface area contributed by atoms with Crippen LogP contribution in [0.15, 0.2) is 53.1 Å². The number of hydrogen-bond acceptors (Lipinski definition) is 3. The third kappa shape index (κ3) is 2.57. The number of rotatable bonds is 2.